The second-order valence-electron chi connectivity index (χ2n) is 8.05. The van der Waals surface area contributed by atoms with Crippen LogP contribution in [0.2, 0.25) is 0 Å². The van der Waals surface area contributed by atoms with E-state index in [0.717, 1.165) is 10.7 Å². The summed E-state index contributed by atoms with van der Waals surface area (Å²) in [5.41, 5.74) is -0.347. The number of aromatic nitrogens is 2. The summed E-state index contributed by atoms with van der Waals surface area (Å²) in [6.07, 6.45) is 0. The lowest BCUT2D eigenvalue weighted by Crippen LogP contribution is -2.20. The van der Waals surface area contributed by atoms with Gasteiger partial charge in [0.25, 0.3) is 11.4 Å². The van der Waals surface area contributed by atoms with Crippen molar-refractivity contribution in [2.45, 2.75) is 53.4 Å². The van der Waals surface area contributed by atoms with Crippen LogP contribution in [0.3, 0.4) is 0 Å². The van der Waals surface area contributed by atoms with E-state index in [0.29, 0.717) is 42.6 Å². The highest BCUT2D eigenvalue weighted by Gasteiger charge is 2.30. The molecule has 0 aliphatic heterocycles. The Balaban J connectivity index is 0.000000619. The number of H-pyrrole nitrogens is 1. The van der Waals surface area contributed by atoms with Gasteiger partial charge in [0.05, 0.1) is 19.8 Å². The fourth-order valence-electron chi connectivity index (χ4n) is 2.98. The average molecular weight is 721 g/mol. The van der Waals surface area contributed by atoms with E-state index in [1.165, 1.54) is 6.07 Å². The van der Waals surface area contributed by atoms with Gasteiger partial charge in [-0.3, -0.25) is 14.4 Å². The van der Waals surface area contributed by atoms with Gasteiger partial charge in [0, 0.05) is 28.1 Å². The van der Waals surface area contributed by atoms with E-state index in [2.05, 4.69) is 58.1 Å². The van der Waals surface area contributed by atoms with Crippen LogP contribution in [0.25, 0.3) is 0 Å². The molecule has 2 atom stereocenters. The minimum Gasteiger partial charge on any atom is -0.475 e. The molecule has 0 radical (unpaired) electrons. The summed E-state index contributed by atoms with van der Waals surface area (Å²) in [6, 6.07) is 2.92. The number of halogens is 3. The molecule has 2 rings (SSSR count). The van der Waals surface area contributed by atoms with Crippen LogP contribution in [0.15, 0.2) is 26.0 Å². The molecule has 0 saturated carbocycles. The zero-order chi connectivity index (χ0) is 28.4. The molecular weight excluding hydrogens is 684 g/mol. The van der Waals surface area contributed by atoms with Crippen molar-refractivity contribution in [2.24, 2.45) is 11.8 Å². The van der Waals surface area contributed by atoms with Crippen LogP contribution in [0.5, 0.6) is 5.88 Å². The average Bonchev–Trinajstić information content (AvgIpc) is 3.47. The molecule has 2 aromatic heterocycles. The molecule has 1 N–H and O–H groups in total. The van der Waals surface area contributed by atoms with Gasteiger partial charge in [0.1, 0.15) is 11.8 Å². The fourth-order valence-corrected chi connectivity index (χ4v) is 3.14. The maximum absolute atomic E-state index is 11.9. The van der Waals surface area contributed by atoms with Crippen LogP contribution in [0.4, 0.5) is 0 Å². The Labute approximate surface area is 242 Å². The number of aromatic amines is 1. The Morgan fingerprint density at radius 3 is 1.78 bits per heavy atom. The quantitative estimate of drug-likeness (QED) is 0.213. The van der Waals surface area contributed by atoms with Crippen molar-refractivity contribution in [3.05, 3.63) is 34.0 Å². The number of hydrogen-bond acceptors (Lipinski definition) is 9. The summed E-state index contributed by atoms with van der Waals surface area (Å²) >= 11 is 9.65. The Morgan fingerprint density at radius 2 is 1.41 bits per heavy atom. The van der Waals surface area contributed by atoms with Crippen LogP contribution in [0.1, 0.15) is 64.9 Å². The Morgan fingerprint density at radius 1 is 0.892 bits per heavy atom. The first-order valence-corrected chi connectivity index (χ1v) is 15.2. The Bertz CT molecular complexity index is 940. The first-order chi connectivity index (χ1) is 17.6. The summed E-state index contributed by atoms with van der Waals surface area (Å²) in [6.45, 7) is 12.3. The third kappa shape index (κ3) is 13.7. The van der Waals surface area contributed by atoms with Gasteiger partial charge in [-0.2, -0.15) is 5.16 Å². The van der Waals surface area contributed by atoms with E-state index in [1.54, 1.807) is 19.9 Å². The molecule has 0 bridgehead atoms. The number of esters is 2. The normalized spacial score (nSPS) is 12.1. The van der Waals surface area contributed by atoms with Gasteiger partial charge in [-0.1, -0.05) is 75.5 Å². The SMILES string of the molecule is BrCCBr.CCOC(=O)C(c1cc(=O)[nH]o1)C(C)C.CCOC(=O)C(c1cc(OCCBr)no1)C(C)C. The number of nitrogens with one attached hydrogen (secondary N) is 1. The van der Waals surface area contributed by atoms with E-state index in [1.807, 2.05) is 27.7 Å². The second-order valence-corrected chi connectivity index (χ2v) is 10.4. The Hall–Kier alpha value is -1.60. The minimum atomic E-state index is -0.524. The highest BCUT2D eigenvalue weighted by Crippen LogP contribution is 2.28. The van der Waals surface area contributed by atoms with E-state index in [9.17, 15) is 14.4 Å². The van der Waals surface area contributed by atoms with E-state index in [-0.39, 0.29) is 29.3 Å². The van der Waals surface area contributed by atoms with E-state index in [4.69, 9.17) is 23.3 Å². The molecule has 0 fully saturated rings. The Kier molecular flexibility index (Phi) is 19.5. The van der Waals surface area contributed by atoms with E-state index >= 15 is 0 Å². The van der Waals surface area contributed by atoms with Gasteiger partial charge in [-0.25, -0.2) is 0 Å². The number of carbonyl (C=O) groups excluding carboxylic acids is 2. The number of carbonyl (C=O) groups is 2. The topological polar surface area (TPSA) is 134 Å². The fraction of sp³-hybridized carbons (Fsp3) is 0.667. The van der Waals surface area contributed by atoms with Crippen LogP contribution in [0, 0.1) is 11.8 Å². The largest absolute Gasteiger partial charge is 0.475 e. The van der Waals surface area contributed by atoms with Crippen molar-refractivity contribution in [2.75, 3.05) is 35.8 Å². The highest BCUT2D eigenvalue weighted by atomic mass is 79.9. The minimum absolute atomic E-state index is 0.0167. The molecule has 0 saturated heterocycles. The number of hydrogen-bond donors (Lipinski definition) is 1. The van der Waals surface area contributed by atoms with Gasteiger partial charge in [-0.15, -0.1) is 0 Å². The first kappa shape index (κ1) is 35.4. The molecule has 0 aromatic carbocycles. The number of rotatable bonds is 12. The monoisotopic (exact) mass is 718 g/mol. The van der Waals surface area contributed by atoms with E-state index < -0.39 is 11.8 Å². The number of alkyl halides is 3. The van der Waals surface area contributed by atoms with Crippen molar-refractivity contribution in [1.29, 1.82) is 0 Å². The molecule has 10 nitrogen and oxygen atoms in total. The molecule has 2 heterocycles. The molecule has 13 heteroatoms. The highest BCUT2D eigenvalue weighted by molar-refractivity contribution is 9.12. The zero-order valence-corrected chi connectivity index (χ0v) is 26.8. The predicted molar refractivity (Wildman–Crippen MR) is 151 cm³/mol. The van der Waals surface area contributed by atoms with Crippen molar-refractivity contribution in [3.8, 4) is 5.88 Å². The number of nitrogens with zero attached hydrogens (tertiary/aromatic N) is 1. The van der Waals surface area contributed by atoms with Gasteiger partial charge in [-0.05, 0) is 30.8 Å². The third-order valence-corrected chi connectivity index (χ3v) is 6.66. The maximum Gasteiger partial charge on any atom is 0.317 e. The molecule has 2 aromatic rings. The lowest BCUT2D eigenvalue weighted by Gasteiger charge is -2.15. The molecule has 212 valence electrons. The summed E-state index contributed by atoms with van der Waals surface area (Å²) in [5.74, 6) is -0.349. The molecule has 0 aliphatic carbocycles. The van der Waals surface area contributed by atoms with Crippen LogP contribution in [-0.4, -0.2) is 58.1 Å². The molecule has 0 amide bonds. The van der Waals surface area contributed by atoms with Crippen molar-refractivity contribution in [1.82, 2.24) is 10.3 Å². The van der Waals surface area contributed by atoms with Crippen LogP contribution < -0.4 is 10.3 Å². The van der Waals surface area contributed by atoms with Crippen molar-refractivity contribution >= 4 is 59.7 Å². The van der Waals surface area contributed by atoms with Gasteiger partial charge in [0.2, 0.25) is 0 Å². The predicted octanol–water partition coefficient (Wildman–Crippen LogP) is 5.80. The summed E-state index contributed by atoms with van der Waals surface area (Å²) in [7, 11) is 0. The lowest BCUT2D eigenvalue weighted by molar-refractivity contribution is -0.147. The summed E-state index contributed by atoms with van der Waals surface area (Å²) < 4.78 is 25.3. The van der Waals surface area contributed by atoms with Gasteiger partial charge in [0.15, 0.2) is 11.5 Å². The third-order valence-electron chi connectivity index (χ3n) is 4.48. The molecule has 2 unspecified atom stereocenters. The van der Waals surface area contributed by atoms with Crippen LogP contribution in [-0.2, 0) is 19.1 Å². The van der Waals surface area contributed by atoms with Gasteiger partial charge < -0.3 is 23.3 Å². The number of ether oxygens (including phenoxy) is 3. The van der Waals surface area contributed by atoms with Crippen molar-refractivity contribution < 1.29 is 32.8 Å². The first-order valence-electron chi connectivity index (χ1n) is 11.9. The summed E-state index contributed by atoms with van der Waals surface area (Å²) in [4.78, 5) is 34.3. The molecule has 37 heavy (non-hydrogen) atoms. The molecule has 0 aliphatic rings. The smallest absolute Gasteiger partial charge is 0.317 e. The molecule has 0 spiro atoms. The maximum atomic E-state index is 11.9. The second kappa shape index (κ2) is 20.4. The van der Waals surface area contributed by atoms with Crippen LogP contribution >= 0.6 is 47.8 Å². The standard InChI is InChI=1S/C12H18BrNO4.C10H15NO4.C2H4Br2/c1-4-16-12(15)11(8(2)3)9-7-10(14-18-9)17-6-5-13;1-4-14-10(13)9(6(2)3)7-5-8(12)11-15-7;3-1-2-4/h7-8,11H,4-6H2,1-3H3;5-6,9H,4H2,1-3H3,(H,11,12);1-2H2. The molecular formula is C24H37Br3N2O8. The summed E-state index contributed by atoms with van der Waals surface area (Å²) in [5, 5.41) is 8.74. The van der Waals surface area contributed by atoms with Gasteiger partial charge >= 0.3 is 11.9 Å². The zero-order valence-electron chi connectivity index (χ0n) is 22.1. The van der Waals surface area contributed by atoms with Crippen molar-refractivity contribution in [3.63, 3.8) is 0 Å². The lowest BCUT2D eigenvalue weighted by atomic mass is 9.93.